The summed E-state index contributed by atoms with van der Waals surface area (Å²) in [6, 6.07) is 13.2. The number of aromatic hydroxyl groups is 1. The predicted octanol–water partition coefficient (Wildman–Crippen LogP) is 6.06. The lowest BCUT2D eigenvalue weighted by Gasteiger charge is -2.43. The van der Waals surface area contributed by atoms with E-state index in [0.29, 0.717) is 34.3 Å². The molecule has 8 heteroatoms. The molecule has 1 aromatic heterocycles. The molecular weight excluding hydrogens is 468 g/mol. The summed E-state index contributed by atoms with van der Waals surface area (Å²) in [5.74, 6) is -2.53. The second-order valence-corrected chi connectivity index (χ2v) is 9.15. The maximum atomic E-state index is 14.7. The fourth-order valence-electron chi connectivity index (χ4n) is 5.34. The minimum Gasteiger partial charge on any atom is -0.507 e. The molecule has 0 bridgehead atoms. The van der Waals surface area contributed by atoms with Gasteiger partial charge in [-0.05, 0) is 48.7 Å². The zero-order valence-electron chi connectivity index (χ0n) is 19.8. The van der Waals surface area contributed by atoms with Crippen molar-refractivity contribution in [3.63, 3.8) is 0 Å². The summed E-state index contributed by atoms with van der Waals surface area (Å²) >= 11 is 0. The van der Waals surface area contributed by atoms with E-state index in [-0.39, 0.29) is 17.1 Å². The number of nitrogens with zero attached hydrogens (tertiary/aromatic N) is 1. The van der Waals surface area contributed by atoms with Crippen LogP contribution in [-0.2, 0) is 10.2 Å². The highest BCUT2D eigenvalue weighted by Crippen LogP contribution is 2.53. The van der Waals surface area contributed by atoms with E-state index in [0.717, 1.165) is 31.0 Å². The Morgan fingerprint density at radius 3 is 2.50 bits per heavy atom. The number of hydrogen-bond acceptors (Lipinski definition) is 4. The summed E-state index contributed by atoms with van der Waals surface area (Å²) in [5.41, 5.74) is 2.36. The van der Waals surface area contributed by atoms with Crippen molar-refractivity contribution >= 4 is 16.9 Å². The van der Waals surface area contributed by atoms with Gasteiger partial charge in [-0.3, -0.25) is 0 Å². The fourth-order valence-corrected chi connectivity index (χ4v) is 5.34. The van der Waals surface area contributed by atoms with E-state index in [1.165, 1.54) is 37.4 Å². The Labute approximate surface area is 206 Å². The third-order valence-corrected chi connectivity index (χ3v) is 7.04. The van der Waals surface area contributed by atoms with E-state index in [2.05, 4.69) is 0 Å². The molecular formula is C28H25F2NO5. The van der Waals surface area contributed by atoms with Crippen LogP contribution in [0.5, 0.6) is 11.5 Å². The lowest BCUT2D eigenvalue weighted by atomic mass is 9.65. The minimum atomic E-state index is -1.09. The molecule has 0 spiro atoms. The summed E-state index contributed by atoms with van der Waals surface area (Å²) < 4.78 is 41.7. The zero-order valence-corrected chi connectivity index (χ0v) is 19.8. The number of phenols is 1. The van der Waals surface area contributed by atoms with Gasteiger partial charge in [-0.2, -0.15) is 0 Å². The minimum absolute atomic E-state index is 0.0183. The molecule has 1 aliphatic rings. The molecule has 3 aromatic carbocycles. The number of fused-ring (bicyclic) bond motifs is 1. The van der Waals surface area contributed by atoms with Gasteiger partial charge in [-0.1, -0.05) is 18.6 Å². The molecule has 2 N–H and O–H groups in total. The van der Waals surface area contributed by atoms with Crippen molar-refractivity contribution in [2.24, 2.45) is 0 Å². The largest absolute Gasteiger partial charge is 0.507 e. The normalized spacial score (nSPS) is 14.6. The summed E-state index contributed by atoms with van der Waals surface area (Å²) in [6.07, 6.45) is 2.47. The Balaban J connectivity index is 1.97. The number of methoxy groups -OCH3 is 2. The average molecular weight is 494 g/mol. The molecule has 0 atom stereocenters. The fraction of sp³-hybridized carbons (Fsp3) is 0.250. The van der Waals surface area contributed by atoms with Crippen LogP contribution in [0.3, 0.4) is 0 Å². The van der Waals surface area contributed by atoms with Crippen molar-refractivity contribution in [2.75, 3.05) is 20.8 Å². The highest BCUT2D eigenvalue weighted by atomic mass is 19.1. The molecule has 186 valence electrons. The number of aromatic carboxylic acids is 1. The number of aromatic nitrogens is 1. The molecule has 6 nitrogen and oxygen atoms in total. The molecule has 36 heavy (non-hydrogen) atoms. The zero-order chi connectivity index (χ0) is 25.6. The quantitative estimate of drug-likeness (QED) is 0.327. The summed E-state index contributed by atoms with van der Waals surface area (Å²) in [6.45, 7) is 0.358. The Morgan fingerprint density at radius 1 is 1.08 bits per heavy atom. The van der Waals surface area contributed by atoms with Crippen molar-refractivity contribution < 1.29 is 33.3 Å². The van der Waals surface area contributed by atoms with Crippen molar-refractivity contribution in [3.8, 4) is 28.3 Å². The maximum Gasteiger partial charge on any atom is 0.335 e. The first-order valence-electron chi connectivity index (χ1n) is 11.5. The standard InChI is InChI=1S/C28H25F2NO5/c1-35-15-28(9-4-10-28)26-24(16-5-3-6-17(11-16)27(33)34)25-21(12-18(29)13-22(25)32)31(26)19-7-8-20(30)23(14-19)36-2/h3,5-8,11-14,32H,4,9-10,15H2,1-2H3,(H,33,34). The lowest BCUT2D eigenvalue weighted by molar-refractivity contribution is 0.0697. The van der Waals surface area contributed by atoms with Gasteiger partial charge in [0.2, 0.25) is 0 Å². The van der Waals surface area contributed by atoms with Gasteiger partial charge < -0.3 is 24.3 Å². The van der Waals surface area contributed by atoms with E-state index in [1.54, 1.807) is 29.9 Å². The molecule has 1 aliphatic carbocycles. The Bertz CT molecular complexity index is 1490. The first-order valence-corrected chi connectivity index (χ1v) is 11.5. The van der Waals surface area contributed by atoms with E-state index in [1.807, 2.05) is 0 Å². The number of carboxylic acid groups (broad SMARTS) is 1. The van der Waals surface area contributed by atoms with Crippen LogP contribution in [0.2, 0.25) is 0 Å². The highest BCUT2D eigenvalue weighted by molar-refractivity contribution is 6.04. The molecule has 0 radical (unpaired) electrons. The monoisotopic (exact) mass is 493 g/mol. The average Bonchev–Trinajstić information content (AvgIpc) is 3.17. The van der Waals surface area contributed by atoms with Crippen molar-refractivity contribution in [2.45, 2.75) is 24.7 Å². The van der Waals surface area contributed by atoms with Crippen LogP contribution in [0, 0.1) is 11.6 Å². The Kier molecular flexibility index (Phi) is 5.92. The van der Waals surface area contributed by atoms with Crippen LogP contribution in [0.4, 0.5) is 8.78 Å². The smallest absolute Gasteiger partial charge is 0.335 e. The summed E-state index contributed by atoms with van der Waals surface area (Å²) in [5, 5.41) is 21.0. The highest BCUT2D eigenvalue weighted by Gasteiger charge is 2.45. The third-order valence-electron chi connectivity index (χ3n) is 7.04. The van der Waals surface area contributed by atoms with Crippen LogP contribution >= 0.6 is 0 Å². The van der Waals surface area contributed by atoms with Gasteiger partial charge >= 0.3 is 5.97 Å². The molecule has 5 rings (SSSR count). The first-order chi connectivity index (χ1) is 17.3. The van der Waals surface area contributed by atoms with Gasteiger partial charge in [-0.25, -0.2) is 13.6 Å². The number of phenolic OH excluding ortho intramolecular Hbond substituents is 1. The van der Waals surface area contributed by atoms with Crippen LogP contribution in [0.25, 0.3) is 27.7 Å². The van der Waals surface area contributed by atoms with Gasteiger partial charge in [0.15, 0.2) is 11.6 Å². The molecule has 1 heterocycles. The van der Waals surface area contributed by atoms with Crippen LogP contribution in [-0.4, -0.2) is 41.6 Å². The topological polar surface area (TPSA) is 80.9 Å². The van der Waals surface area contributed by atoms with Gasteiger partial charge in [-0.15, -0.1) is 0 Å². The molecule has 0 unspecified atom stereocenters. The number of rotatable bonds is 7. The molecule has 0 aliphatic heterocycles. The number of hydrogen-bond donors (Lipinski definition) is 2. The van der Waals surface area contributed by atoms with Gasteiger partial charge in [0, 0.05) is 41.6 Å². The Hall–Kier alpha value is -3.91. The maximum absolute atomic E-state index is 14.7. The van der Waals surface area contributed by atoms with Crippen molar-refractivity contribution in [1.82, 2.24) is 4.57 Å². The second-order valence-electron chi connectivity index (χ2n) is 9.15. The summed E-state index contributed by atoms with van der Waals surface area (Å²) in [4.78, 5) is 11.8. The van der Waals surface area contributed by atoms with Crippen molar-refractivity contribution in [3.05, 3.63) is 77.5 Å². The van der Waals surface area contributed by atoms with Crippen LogP contribution in [0.1, 0.15) is 35.3 Å². The van der Waals surface area contributed by atoms with E-state index in [9.17, 15) is 23.8 Å². The Morgan fingerprint density at radius 2 is 1.86 bits per heavy atom. The predicted molar refractivity (Wildman–Crippen MR) is 131 cm³/mol. The third kappa shape index (κ3) is 3.69. The van der Waals surface area contributed by atoms with E-state index < -0.39 is 23.0 Å². The van der Waals surface area contributed by atoms with Gasteiger partial charge in [0.25, 0.3) is 0 Å². The van der Waals surface area contributed by atoms with Crippen LogP contribution in [0.15, 0.2) is 54.6 Å². The molecule has 4 aromatic rings. The first kappa shape index (κ1) is 23.8. The lowest BCUT2D eigenvalue weighted by Crippen LogP contribution is -2.41. The van der Waals surface area contributed by atoms with E-state index in [4.69, 9.17) is 9.47 Å². The number of carboxylic acids is 1. The van der Waals surface area contributed by atoms with Gasteiger partial charge in [0.1, 0.15) is 11.6 Å². The van der Waals surface area contributed by atoms with Crippen LogP contribution < -0.4 is 4.74 Å². The number of halogens is 2. The second kappa shape index (κ2) is 8.95. The number of carbonyl (C=O) groups is 1. The van der Waals surface area contributed by atoms with Crippen molar-refractivity contribution in [1.29, 1.82) is 0 Å². The molecule has 0 amide bonds. The SMILES string of the molecule is COCC1(c2c(-c3cccc(C(=O)O)c3)c3c(O)cc(F)cc3n2-c2ccc(F)c(OC)c2)CCC1. The van der Waals surface area contributed by atoms with E-state index >= 15 is 0 Å². The number of benzene rings is 3. The molecule has 1 fully saturated rings. The molecule has 1 saturated carbocycles. The number of ether oxygens (including phenoxy) is 2. The molecule has 0 saturated heterocycles. The van der Waals surface area contributed by atoms with Gasteiger partial charge in [0.05, 0.1) is 30.2 Å². The summed E-state index contributed by atoms with van der Waals surface area (Å²) in [7, 11) is 2.97.